The molecular formula is C33H36F12N6O9. The Balaban J connectivity index is 0.000000361. The van der Waals surface area contributed by atoms with Gasteiger partial charge in [-0.2, -0.15) is 52.7 Å². The summed E-state index contributed by atoms with van der Waals surface area (Å²) < 4.78 is 135. The van der Waals surface area contributed by atoms with E-state index >= 15 is 0 Å². The molecular weight excluding hydrogens is 852 g/mol. The van der Waals surface area contributed by atoms with E-state index in [0.29, 0.717) is 6.04 Å². The molecule has 0 bridgehead atoms. The second-order valence-corrected chi connectivity index (χ2v) is 12.6. The summed E-state index contributed by atoms with van der Waals surface area (Å²) in [4.78, 5) is 52.7. The summed E-state index contributed by atoms with van der Waals surface area (Å²) in [5.41, 5.74) is 3.52. The van der Waals surface area contributed by atoms with Gasteiger partial charge in [-0.15, -0.1) is 0 Å². The second kappa shape index (κ2) is 21.7. The molecule has 0 spiro atoms. The average molecular weight is 889 g/mol. The first-order valence-electron chi connectivity index (χ1n) is 17.0. The number of carboxylic acids is 4. The Morgan fingerprint density at radius 2 is 1.20 bits per heavy atom. The van der Waals surface area contributed by atoms with Crippen LogP contribution in [-0.4, -0.2) is 146 Å². The van der Waals surface area contributed by atoms with Gasteiger partial charge in [0.05, 0.1) is 24.9 Å². The molecule has 60 heavy (non-hydrogen) atoms. The summed E-state index contributed by atoms with van der Waals surface area (Å²) >= 11 is 0. The fourth-order valence-corrected chi connectivity index (χ4v) is 5.13. The van der Waals surface area contributed by atoms with Crippen molar-refractivity contribution < 1.29 is 97.0 Å². The van der Waals surface area contributed by atoms with E-state index in [1.165, 1.54) is 36.5 Å². The summed E-state index contributed by atoms with van der Waals surface area (Å²) in [5, 5.41) is 28.5. The highest BCUT2D eigenvalue weighted by atomic mass is 19.4. The molecule has 1 unspecified atom stereocenters. The first-order chi connectivity index (χ1) is 27.6. The van der Waals surface area contributed by atoms with Gasteiger partial charge >= 0.3 is 48.6 Å². The number of anilines is 1. The molecule has 4 N–H and O–H groups in total. The molecule has 3 aliphatic rings. The fraction of sp³-hybridized carbons (Fsp3) is 0.515. The van der Waals surface area contributed by atoms with Crippen molar-refractivity contribution in [2.75, 3.05) is 57.4 Å². The normalized spacial score (nSPS) is 17.6. The highest BCUT2D eigenvalue weighted by Gasteiger charge is 2.40. The number of carbonyl (C=O) groups is 4. The average Bonchev–Trinajstić information content (AvgIpc) is 3.86. The molecule has 2 saturated heterocycles. The number of pyridine rings is 2. The molecule has 0 radical (unpaired) electrons. The summed E-state index contributed by atoms with van der Waals surface area (Å²) in [6.45, 7) is 8.82. The number of fused-ring (bicyclic) bond motifs is 1. The Morgan fingerprint density at radius 1 is 0.700 bits per heavy atom. The molecule has 336 valence electrons. The number of aliphatic carboxylic acids is 4. The fourth-order valence-electron chi connectivity index (χ4n) is 5.13. The topological polar surface area (TPSA) is 198 Å². The molecule has 3 fully saturated rings. The van der Waals surface area contributed by atoms with Crippen molar-refractivity contribution >= 4 is 35.3 Å². The van der Waals surface area contributed by atoms with E-state index in [9.17, 15) is 52.7 Å². The molecule has 0 amide bonds. The lowest BCUT2D eigenvalue weighted by Gasteiger charge is -2.41. The van der Waals surface area contributed by atoms with Crippen LogP contribution in [0.3, 0.4) is 0 Å². The van der Waals surface area contributed by atoms with Gasteiger partial charge in [-0.1, -0.05) is 12.1 Å². The number of halogens is 12. The van der Waals surface area contributed by atoms with Crippen LogP contribution in [0.15, 0.2) is 48.9 Å². The molecule has 5 heterocycles. The van der Waals surface area contributed by atoms with Crippen molar-refractivity contribution in [3.05, 3.63) is 60.2 Å². The predicted octanol–water partition coefficient (Wildman–Crippen LogP) is 5.37. The van der Waals surface area contributed by atoms with E-state index in [1.54, 1.807) is 0 Å². The van der Waals surface area contributed by atoms with Crippen LogP contribution >= 0.6 is 0 Å². The van der Waals surface area contributed by atoms with Gasteiger partial charge in [-0.25, -0.2) is 24.2 Å². The van der Waals surface area contributed by atoms with Gasteiger partial charge in [-0.3, -0.25) is 19.2 Å². The van der Waals surface area contributed by atoms with E-state index in [-0.39, 0.29) is 0 Å². The molecule has 1 aliphatic carbocycles. The zero-order valence-electron chi connectivity index (χ0n) is 30.6. The maximum absolute atomic E-state index is 10.6. The molecule has 3 aromatic rings. The minimum atomic E-state index is -5.08. The van der Waals surface area contributed by atoms with Crippen LogP contribution < -0.4 is 4.90 Å². The Hall–Kier alpha value is -5.44. The van der Waals surface area contributed by atoms with Gasteiger partial charge in [0.15, 0.2) is 0 Å². The largest absolute Gasteiger partial charge is 0.490 e. The van der Waals surface area contributed by atoms with Gasteiger partial charge < -0.3 is 30.1 Å². The van der Waals surface area contributed by atoms with Crippen molar-refractivity contribution in [1.29, 1.82) is 0 Å². The maximum Gasteiger partial charge on any atom is 0.490 e. The standard InChI is InChI=1S/C25H32N6O.4C2HF3O2/c1-4-24-27-22(18-31(24)25(5-1)29-11-13-32-14-12-29)23-19-28(16-21-3-2-8-26-15-21)9-10-30(23)17-20-6-7-20;4*3-2(4,5)1(6)7/h1-5,8,15,18,20,23H,6-7,9-14,16-17,19H2;4*(H,6,7). The predicted molar refractivity (Wildman–Crippen MR) is 180 cm³/mol. The third kappa shape index (κ3) is 17.8. The zero-order chi connectivity index (χ0) is 45.6. The van der Waals surface area contributed by atoms with E-state index in [2.05, 4.69) is 54.5 Å². The highest BCUT2D eigenvalue weighted by Crippen LogP contribution is 2.35. The van der Waals surface area contributed by atoms with Crippen LogP contribution in [0.1, 0.15) is 30.1 Å². The summed E-state index contributed by atoms with van der Waals surface area (Å²) in [6.07, 6.45) is -11.4. The Bertz CT molecular complexity index is 1750. The number of carboxylic acid groups (broad SMARTS) is 4. The molecule has 15 nitrogen and oxygen atoms in total. The van der Waals surface area contributed by atoms with E-state index in [1.807, 2.05) is 18.5 Å². The van der Waals surface area contributed by atoms with Crippen LogP contribution in [0.2, 0.25) is 0 Å². The van der Waals surface area contributed by atoms with Gasteiger partial charge in [0.25, 0.3) is 0 Å². The van der Waals surface area contributed by atoms with Crippen LogP contribution in [0.5, 0.6) is 0 Å². The molecule has 0 aromatic carbocycles. The summed E-state index contributed by atoms with van der Waals surface area (Å²) in [6, 6.07) is 11.0. The van der Waals surface area contributed by atoms with Crippen LogP contribution in [0.4, 0.5) is 58.5 Å². The number of rotatable bonds is 6. The number of morpholine rings is 1. The number of aromatic nitrogens is 3. The quantitative estimate of drug-likeness (QED) is 0.231. The minimum absolute atomic E-state index is 0.332. The number of alkyl halides is 12. The van der Waals surface area contributed by atoms with Crippen LogP contribution in [0, 0.1) is 5.92 Å². The van der Waals surface area contributed by atoms with Crippen LogP contribution in [-0.2, 0) is 30.5 Å². The molecule has 27 heteroatoms. The first-order valence-corrected chi connectivity index (χ1v) is 17.0. The minimum Gasteiger partial charge on any atom is -0.475 e. The monoisotopic (exact) mass is 888 g/mol. The van der Waals surface area contributed by atoms with E-state index < -0.39 is 48.6 Å². The van der Waals surface area contributed by atoms with Gasteiger partial charge in [0, 0.05) is 64.4 Å². The van der Waals surface area contributed by atoms with Gasteiger partial charge in [0.2, 0.25) is 0 Å². The summed E-state index contributed by atoms with van der Waals surface area (Å²) in [5.74, 6) is -8.93. The Kier molecular flexibility index (Phi) is 18.3. The third-order valence-corrected chi connectivity index (χ3v) is 8.03. The van der Waals surface area contributed by atoms with Crippen LogP contribution in [0.25, 0.3) is 5.65 Å². The van der Waals surface area contributed by atoms with Crippen molar-refractivity contribution in [2.45, 2.75) is 50.1 Å². The third-order valence-electron chi connectivity index (χ3n) is 8.03. The lowest BCUT2D eigenvalue weighted by Crippen LogP contribution is -2.48. The Morgan fingerprint density at radius 3 is 1.63 bits per heavy atom. The number of nitrogens with zero attached hydrogens (tertiary/aromatic N) is 6. The highest BCUT2D eigenvalue weighted by molar-refractivity contribution is 5.74. The van der Waals surface area contributed by atoms with Gasteiger partial charge in [0.1, 0.15) is 11.5 Å². The molecule has 6 rings (SSSR count). The molecule has 2 aliphatic heterocycles. The lowest BCUT2D eigenvalue weighted by atomic mass is 10.1. The van der Waals surface area contributed by atoms with E-state index in [4.69, 9.17) is 49.3 Å². The number of piperazine rings is 1. The van der Waals surface area contributed by atoms with Crippen molar-refractivity contribution in [3.63, 3.8) is 0 Å². The second-order valence-electron chi connectivity index (χ2n) is 12.6. The van der Waals surface area contributed by atoms with E-state index in [0.717, 1.165) is 64.0 Å². The smallest absolute Gasteiger partial charge is 0.475 e. The van der Waals surface area contributed by atoms with Crippen molar-refractivity contribution in [2.24, 2.45) is 5.92 Å². The van der Waals surface area contributed by atoms with Gasteiger partial charge in [-0.05, 0) is 42.5 Å². The maximum atomic E-state index is 10.6. The SMILES string of the molecule is O=C(O)C(F)(F)F.O=C(O)C(F)(F)F.O=C(O)C(F)(F)F.O=C(O)C(F)(F)F.c1cncc(CN2CCN(CC3CC3)C(c3cn4c(N5CCOCC5)cccc4n3)C2)c1. The summed E-state index contributed by atoms with van der Waals surface area (Å²) in [7, 11) is 0. The molecule has 1 atom stereocenters. The Labute approximate surface area is 330 Å². The number of hydrogen-bond acceptors (Lipinski definition) is 10. The zero-order valence-corrected chi connectivity index (χ0v) is 30.6. The number of ether oxygens (including phenoxy) is 1. The first kappa shape index (κ1) is 50.7. The number of hydrogen-bond donors (Lipinski definition) is 4. The lowest BCUT2D eigenvalue weighted by molar-refractivity contribution is -0.193. The number of imidazole rings is 1. The van der Waals surface area contributed by atoms with Crippen molar-refractivity contribution in [3.8, 4) is 0 Å². The van der Waals surface area contributed by atoms with Crippen molar-refractivity contribution in [1.82, 2.24) is 24.2 Å². The molecule has 3 aromatic heterocycles. The molecule has 1 saturated carbocycles.